The maximum Gasteiger partial charge on any atom is 0.174 e. The standard InChI is InChI=1S/C13H19NO2S/c1-4-13(3,16-5-2)12-14-9-7-6-8-10(15)11(9)17-12/h4-8H2,1-3H3. The summed E-state index contributed by atoms with van der Waals surface area (Å²) >= 11 is 1.53. The molecule has 17 heavy (non-hydrogen) atoms. The van der Waals surface area contributed by atoms with Gasteiger partial charge < -0.3 is 4.74 Å². The van der Waals surface area contributed by atoms with Gasteiger partial charge in [-0.05, 0) is 33.1 Å². The van der Waals surface area contributed by atoms with Crippen molar-refractivity contribution < 1.29 is 9.53 Å². The minimum atomic E-state index is -0.336. The minimum Gasteiger partial charge on any atom is -0.368 e. The fraction of sp³-hybridized carbons (Fsp3) is 0.692. The number of ketones is 1. The number of rotatable bonds is 4. The number of hydrogen-bond acceptors (Lipinski definition) is 4. The zero-order valence-electron chi connectivity index (χ0n) is 10.7. The zero-order chi connectivity index (χ0) is 12.5. The Morgan fingerprint density at radius 2 is 2.18 bits per heavy atom. The molecule has 1 unspecified atom stereocenters. The third-order valence-corrected chi connectivity index (χ3v) is 4.74. The van der Waals surface area contributed by atoms with Crippen molar-refractivity contribution in [2.75, 3.05) is 6.61 Å². The summed E-state index contributed by atoms with van der Waals surface area (Å²) in [5.74, 6) is 0.255. The summed E-state index contributed by atoms with van der Waals surface area (Å²) in [6.07, 6.45) is 3.42. The van der Waals surface area contributed by atoms with Crippen molar-refractivity contribution in [1.29, 1.82) is 0 Å². The van der Waals surface area contributed by atoms with Crippen LogP contribution in [0.25, 0.3) is 0 Å². The molecule has 1 aliphatic carbocycles. The highest BCUT2D eigenvalue weighted by Crippen LogP contribution is 2.36. The van der Waals surface area contributed by atoms with Crippen molar-refractivity contribution in [2.45, 2.75) is 52.1 Å². The molecule has 1 heterocycles. The normalized spacial score (nSPS) is 18.9. The Bertz CT molecular complexity index is 427. The summed E-state index contributed by atoms with van der Waals surface area (Å²) in [6.45, 7) is 6.82. The Balaban J connectivity index is 2.36. The number of carbonyl (C=O) groups excluding carboxylic acids is 1. The van der Waals surface area contributed by atoms with Gasteiger partial charge in [0, 0.05) is 13.0 Å². The monoisotopic (exact) mass is 253 g/mol. The Labute approximate surface area is 106 Å². The predicted molar refractivity (Wildman–Crippen MR) is 68.7 cm³/mol. The molecule has 94 valence electrons. The van der Waals surface area contributed by atoms with Crippen molar-refractivity contribution in [3.05, 3.63) is 15.6 Å². The van der Waals surface area contributed by atoms with Gasteiger partial charge in [0.2, 0.25) is 0 Å². The molecule has 0 spiro atoms. The number of fused-ring (bicyclic) bond motifs is 1. The topological polar surface area (TPSA) is 39.2 Å². The second kappa shape index (κ2) is 4.86. The molecule has 1 aliphatic rings. The molecular formula is C13H19NO2S. The number of aromatic nitrogens is 1. The smallest absolute Gasteiger partial charge is 0.174 e. The highest BCUT2D eigenvalue weighted by atomic mass is 32.1. The summed E-state index contributed by atoms with van der Waals surface area (Å²) in [7, 11) is 0. The SMILES string of the molecule is CCOC(C)(CC)c1nc2c(s1)C(=O)CCC2. The van der Waals surface area contributed by atoms with Gasteiger partial charge in [-0.2, -0.15) is 0 Å². The van der Waals surface area contributed by atoms with Gasteiger partial charge in [0.05, 0.1) is 10.6 Å². The number of Topliss-reactive ketones (excluding diaryl/α,β-unsaturated/α-hetero) is 1. The zero-order valence-corrected chi connectivity index (χ0v) is 11.5. The van der Waals surface area contributed by atoms with Crippen LogP contribution in [0.3, 0.4) is 0 Å². The van der Waals surface area contributed by atoms with Gasteiger partial charge in [0.1, 0.15) is 10.6 Å². The maximum atomic E-state index is 11.8. The van der Waals surface area contributed by atoms with Crippen LogP contribution in [0.15, 0.2) is 0 Å². The Morgan fingerprint density at radius 1 is 1.41 bits per heavy atom. The fourth-order valence-electron chi connectivity index (χ4n) is 2.13. The molecule has 0 radical (unpaired) electrons. The summed E-state index contributed by atoms with van der Waals surface area (Å²) < 4.78 is 5.81. The van der Waals surface area contributed by atoms with Crippen LogP contribution < -0.4 is 0 Å². The number of hydrogen-bond donors (Lipinski definition) is 0. The first-order valence-electron chi connectivity index (χ1n) is 6.28. The molecular weight excluding hydrogens is 234 g/mol. The van der Waals surface area contributed by atoms with E-state index in [1.165, 1.54) is 11.3 Å². The van der Waals surface area contributed by atoms with Gasteiger partial charge in [0.15, 0.2) is 5.78 Å². The lowest BCUT2D eigenvalue weighted by Crippen LogP contribution is -2.24. The van der Waals surface area contributed by atoms with E-state index in [1.54, 1.807) is 0 Å². The quantitative estimate of drug-likeness (QED) is 0.826. The lowest BCUT2D eigenvalue weighted by Gasteiger charge is -2.25. The molecule has 1 atom stereocenters. The van der Waals surface area contributed by atoms with E-state index in [9.17, 15) is 4.79 Å². The highest BCUT2D eigenvalue weighted by Gasteiger charge is 2.32. The average Bonchev–Trinajstić information content (AvgIpc) is 2.75. The van der Waals surface area contributed by atoms with Crippen LogP contribution in [0.4, 0.5) is 0 Å². The van der Waals surface area contributed by atoms with Crippen LogP contribution in [0.1, 0.15) is 60.4 Å². The van der Waals surface area contributed by atoms with Gasteiger partial charge in [-0.1, -0.05) is 6.92 Å². The lowest BCUT2D eigenvalue weighted by molar-refractivity contribution is -0.0325. The number of ether oxygens (including phenoxy) is 1. The molecule has 0 saturated carbocycles. The maximum absolute atomic E-state index is 11.8. The first-order chi connectivity index (χ1) is 8.10. The Morgan fingerprint density at radius 3 is 2.76 bits per heavy atom. The van der Waals surface area contributed by atoms with Crippen LogP contribution in [0.2, 0.25) is 0 Å². The van der Waals surface area contributed by atoms with Crippen molar-refractivity contribution in [3.63, 3.8) is 0 Å². The predicted octanol–water partition coefficient (Wildman–Crippen LogP) is 3.32. The van der Waals surface area contributed by atoms with E-state index in [-0.39, 0.29) is 11.4 Å². The highest BCUT2D eigenvalue weighted by molar-refractivity contribution is 7.14. The summed E-state index contributed by atoms with van der Waals surface area (Å²) in [5, 5.41) is 0.960. The molecule has 0 saturated heterocycles. The van der Waals surface area contributed by atoms with Crippen molar-refractivity contribution in [1.82, 2.24) is 4.98 Å². The van der Waals surface area contributed by atoms with Gasteiger partial charge in [-0.15, -0.1) is 11.3 Å². The first kappa shape index (κ1) is 12.7. The summed E-state index contributed by atoms with van der Waals surface area (Å²) in [4.78, 5) is 17.3. The molecule has 2 rings (SSSR count). The Kier molecular flexibility index (Phi) is 3.64. The van der Waals surface area contributed by atoms with Gasteiger partial charge in [-0.25, -0.2) is 4.98 Å². The second-order valence-electron chi connectivity index (χ2n) is 4.59. The molecule has 0 N–H and O–H groups in total. The van der Waals surface area contributed by atoms with E-state index in [2.05, 4.69) is 18.8 Å². The van der Waals surface area contributed by atoms with Crippen molar-refractivity contribution in [2.24, 2.45) is 0 Å². The molecule has 0 amide bonds. The van der Waals surface area contributed by atoms with Crippen molar-refractivity contribution >= 4 is 17.1 Å². The molecule has 0 aliphatic heterocycles. The molecule has 1 aromatic heterocycles. The second-order valence-corrected chi connectivity index (χ2v) is 5.59. The summed E-state index contributed by atoms with van der Waals surface area (Å²) in [6, 6.07) is 0. The van der Waals surface area contributed by atoms with Gasteiger partial charge in [0.25, 0.3) is 0 Å². The van der Waals surface area contributed by atoms with Gasteiger partial charge in [-0.3, -0.25) is 4.79 Å². The third kappa shape index (κ3) is 2.29. The van der Waals surface area contributed by atoms with E-state index < -0.39 is 0 Å². The minimum absolute atomic E-state index is 0.255. The van der Waals surface area contributed by atoms with Crippen LogP contribution in [-0.4, -0.2) is 17.4 Å². The average molecular weight is 253 g/mol. The van der Waals surface area contributed by atoms with E-state index in [1.807, 2.05) is 6.92 Å². The number of nitrogens with zero attached hydrogens (tertiary/aromatic N) is 1. The Hall–Kier alpha value is -0.740. The largest absolute Gasteiger partial charge is 0.368 e. The third-order valence-electron chi connectivity index (χ3n) is 3.36. The molecule has 0 bridgehead atoms. The molecule has 4 heteroatoms. The summed E-state index contributed by atoms with van der Waals surface area (Å²) in [5.41, 5.74) is 0.650. The van der Waals surface area contributed by atoms with E-state index in [0.717, 1.165) is 34.8 Å². The first-order valence-corrected chi connectivity index (χ1v) is 7.09. The van der Waals surface area contributed by atoms with Crippen LogP contribution in [-0.2, 0) is 16.8 Å². The number of carbonyl (C=O) groups is 1. The van der Waals surface area contributed by atoms with E-state index in [0.29, 0.717) is 13.0 Å². The molecule has 3 nitrogen and oxygen atoms in total. The van der Waals surface area contributed by atoms with E-state index >= 15 is 0 Å². The van der Waals surface area contributed by atoms with Crippen LogP contribution >= 0.6 is 11.3 Å². The lowest BCUT2D eigenvalue weighted by atomic mass is 10.0. The number of aryl methyl sites for hydroxylation is 1. The number of thiazole rings is 1. The van der Waals surface area contributed by atoms with Gasteiger partial charge >= 0.3 is 0 Å². The van der Waals surface area contributed by atoms with Crippen LogP contribution in [0, 0.1) is 0 Å². The fourth-order valence-corrected chi connectivity index (χ4v) is 3.38. The molecule has 0 aromatic carbocycles. The van der Waals surface area contributed by atoms with E-state index in [4.69, 9.17) is 4.74 Å². The van der Waals surface area contributed by atoms with Crippen molar-refractivity contribution in [3.8, 4) is 0 Å². The molecule has 0 fully saturated rings. The molecule has 1 aromatic rings. The van der Waals surface area contributed by atoms with Crippen LogP contribution in [0.5, 0.6) is 0 Å².